The molecule has 1 aromatic rings. The topological polar surface area (TPSA) is 49.5 Å². The van der Waals surface area contributed by atoms with Gasteiger partial charge in [0.1, 0.15) is 5.82 Å². The van der Waals surface area contributed by atoms with Crippen LogP contribution in [0.3, 0.4) is 0 Å². The van der Waals surface area contributed by atoms with Crippen molar-refractivity contribution < 1.29 is 9.50 Å². The van der Waals surface area contributed by atoms with Gasteiger partial charge in [-0.1, -0.05) is 13.3 Å². The summed E-state index contributed by atoms with van der Waals surface area (Å²) in [5.41, 5.74) is 7.20. The second-order valence-corrected chi connectivity index (χ2v) is 4.20. The molecular weight excluding hydrogens is 219 g/mol. The van der Waals surface area contributed by atoms with Crippen LogP contribution in [0.1, 0.15) is 25.3 Å². The number of anilines is 1. The molecule has 0 aliphatic carbocycles. The summed E-state index contributed by atoms with van der Waals surface area (Å²) in [5, 5.41) is 8.99. The highest BCUT2D eigenvalue weighted by Gasteiger charge is 2.08. The van der Waals surface area contributed by atoms with Crippen molar-refractivity contribution in [3.63, 3.8) is 0 Å². The maximum atomic E-state index is 13.1. The van der Waals surface area contributed by atoms with E-state index in [1.165, 1.54) is 12.1 Å². The first-order valence-corrected chi connectivity index (χ1v) is 6.04. The maximum absolute atomic E-state index is 13.1. The van der Waals surface area contributed by atoms with Gasteiger partial charge in [-0.25, -0.2) is 4.39 Å². The summed E-state index contributed by atoms with van der Waals surface area (Å²) in [4.78, 5) is 2.09. The highest BCUT2D eigenvalue weighted by molar-refractivity contribution is 5.46. The zero-order valence-corrected chi connectivity index (χ0v) is 10.3. The fraction of sp³-hybridized carbons (Fsp3) is 0.538. The van der Waals surface area contributed by atoms with Gasteiger partial charge in [0.25, 0.3) is 0 Å². The average molecular weight is 240 g/mol. The van der Waals surface area contributed by atoms with Gasteiger partial charge in [-0.2, -0.15) is 0 Å². The van der Waals surface area contributed by atoms with Gasteiger partial charge in [-0.05, 0) is 36.7 Å². The number of halogens is 1. The van der Waals surface area contributed by atoms with Crippen LogP contribution < -0.4 is 5.73 Å². The summed E-state index contributed by atoms with van der Waals surface area (Å²) in [6.07, 6.45) is 2.16. The van der Waals surface area contributed by atoms with Crippen LogP contribution in [0.4, 0.5) is 10.1 Å². The molecule has 0 fully saturated rings. The van der Waals surface area contributed by atoms with Crippen molar-refractivity contribution in [2.24, 2.45) is 0 Å². The Morgan fingerprint density at radius 2 is 2.12 bits per heavy atom. The number of nitrogens with zero attached hydrogens (tertiary/aromatic N) is 1. The number of hydrogen-bond acceptors (Lipinski definition) is 3. The number of unbranched alkanes of at least 4 members (excludes halogenated alkanes) is 1. The highest BCUT2D eigenvalue weighted by atomic mass is 19.1. The summed E-state index contributed by atoms with van der Waals surface area (Å²) in [5.74, 6) is -0.270. The van der Waals surface area contributed by atoms with Crippen LogP contribution in [0.25, 0.3) is 0 Å². The Morgan fingerprint density at radius 3 is 2.76 bits per heavy atom. The van der Waals surface area contributed by atoms with Crippen molar-refractivity contribution in [2.45, 2.75) is 26.3 Å². The Balaban J connectivity index is 2.67. The van der Waals surface area contributed by atoms with E-state index in [-0.39, 0.29) is 12.4 Å². The van der Waals surface area contributed by atoms with E-state index in [0.29, 0.717) is 18.8 Å². The molecule has 0 bridgehead atoms. The molecule has 0 spiro atoms. The van der Waals surface area contributed by atoms with Gasteiger partial charge >= 0.3 is 0 Å². The third kappa shape index (κ3) is 4.71. The van der Waals surface area contributed by atoms with E-state index < -0.39 is 0 Å². The third-order valence-electron chi connectivity index (χ3n) is 2.74. The minimum atomic E-state index is -0.270. The zero-order valence-electron chi connectivity index (χ0n) is 10.3. The van der Waals surface area contributed by atoms with Crippen LogP contribution in [0.2, 0.25) is 0 Å². The molecule has 0 aromatic heterocycles. The number of nitrogens with two attached hydrogens (primary N) is 1. The van der Waals surface area contributed by atoms with Crippen molar-refractivity contribution in [3.05, 3.63) is 29.6 Å². The molecule has 0 saturated heterocycles. The SMILES string of the molecule is CCCCN(CCO)Cc1cc(F)ccc1N. The molecule has 0 heterocycles. The molecule has 0 atom stereocenters. The Morgan fingerprint density at radius 1 is 1.35 bits per heavy atom. The quantitative estimate of drug-likeness (QED) is 0.717. The van der Waals surface area contributed by atoms with Gasteiger partial charge in [0, 0.05) is 18.8 Å². The van der Waals surface area contributed by atoms with Crippen LogP contribution in [-0.4, -0.2) is 29.7 Å². The van der Waals surface area contributed by atoms with Gasteiger partial charge in [0.05, 0.1) is 6.61 Å². The van der Waals surface area contributed by atoms with Crippen LogP contribution in [0.5, 0.6) is 0 Å². The molecule has 0 unspecified atom stereocenters. The monoisotopic (exact) mass is 240 g/mol. The summed E-state index contributed by atoms with van der Waals surface area (Å²) in [7, 11) is 0. The second-order valence-electron chi connectivity index (χ2n) is 4.20. The first kappa shape index (κ1) is 13.9. The molecule has 1 rings (SSSR count). The number of nitrogen functional groups attached to an aromatic ring is 1. The van der Waals surface area contributed by atoms with Crippen molar-refractivity contribution in [2.75, 3.05) is 25.4 Å². The van der Waals surface area contributed by atoms with Crippen molar-refractivity contribution >= 4 is 5.69 Å². The van der Waals surface area contributed by atoms with Crippen molar-refractivity contribution in [3.8, 4) is 0 Å². The molecule has 3 N–H and O–H groups in total. The molecule has 96 valence electrons. The van der Waals surface area contributed by atoms with E-state index in [2.05, 4.69) is 11.8 Å². The average Bonchev–Trinajstić information content (AvgIpc) is 2.31. The number of aliphatic hydroxyl groups is 1. The molecule has 1 aromatic carbocycles. The van der Waals surface area contributed by atoms with Gasteiger partial charge in [0.15, 0.2) is 0 Å². The summed E-state index contributed by atoms with van der Waals surface area (Å²) in [6, 6.07) is 4.41. The first-order valence-electron chi connectivity index (χ1n) is 6.04. The predicted octanol–water partition coefficient (Wildman–Crippen LogP) is 2.00. The number of hydrogen-bond donors (Lipinski definition) is 2. The highest BCUT2D eigenvalue weighted by Crippen LogP contribution is 2.16. The second kappa shape index (κ2) is 7.25. The van der Waals surface area contributed by atoms with Crippen LogP contribution in [-0.2, 0) is 6.54 Å². The Hall–Kier alpha value is -1.13. The summed E-state index contributed by atoms with van der Waals surface area (Å²) in [6.45, 7) is 4.31. The number of aliphatic hydroxyl groups excluding tert-OH is 1. The molecule has 4 heteroatoms. The minimum Gasteiger partial charge on any atom is -0.398 e. The van der Waals surface area contributed by atoms with Crippen molar-refractivity contribution in [1.29, 1.82) is 0 Å². The summed E-state index contributed by atoms with van der Waals surface area (Å²) < 4.78 is 13.1. The fourth-order valence-electron chi connectivity index (χ4n) is 1.75. The van der Waals surface area contributed by atoms with Gasteiger partial charge in [0.2, 0.25) is 0 Å². The molecule has 0 saturated carbocycles. The standard InChI is InChI=1S/C13H21FN2O/c1-2-3-6-16(7-8-17)10-11-9-12(14)4-5-13(11)15/h4-5,9,17H,2-3,6-8,10,15H2,1H3. The first-order chi connectivity index (χ1) is 8.17. The maximum Gasteiger partial charge on any atom is 0.123 e. The van der Waals surface area contributed by atoms with Crippen LogP contribution in [0.15, 0.2) is 18.2 Å². The molecule has 0 aliphatic heterocycles. The fourth-order valence-corrected chi connectivity index (χ4v) is 1.75. The van der Waals surface area contributed by atoms with E-state index >= 15 is 0 Å². The van der Waals surface area contributed by atoms with Crippen LogP contribution in [0, 0.1) is 5.82 Å². The van der Waals surface area contributed by atoms with Crippen LogP contribution >= 0.6 is 0 Å². The Labute approximate surface area is 102 Å². The number of benzene rings is 1. The zero-order chi connectivity index (χ0) is 12.7. The lowest BCUT2D eigenvalue weighted by molar-refractivity contribution is 0.188. The molecule has 0 aliphatic rings. The normalized spacial score (nSPS) is 11.1. The third-order valence-corrected chi connectivity index (χ3v) is 2.74. The molecule has 17 heavy (non-hydrogen) atoms. The smallest absolute Gasteiger partial charge is 0.123 e. The predicted molar refractivity (Wildman–Crippen MR) is 68.1 cm³/mol. The van der Waals surface area contributed by atoms with E-state index in [0.717, 1.165) is 24.9 Å². The van der Waals surface area contributed by atoms with Gasteiger partial charge in [-0.15, -0.1) is 0 Å². The molecule has 0 amide bonds. The van der Waals surface area contributed by atoms with Crippen molar-refractivity contribution in [1.82, 2.24) is 4.90 Å². The van der Waals surface area contributed by atoms with Gasteiger partial charge in [-0.3, -0.25) is 4.90 Å². The minimum absolute atomic E-state index is 0.110. The van der Waals surface area contributed by atoms with E-state index in [4.69, 9.17) is 10.8 Å². The van der Waals surface area contributed by atoms with E-state index in [9.17, 15) is 4.39 Å². The largest absolute Gasteiger partial charge is 0.398 e. The lowest BCUT2D eigenvalue weighted by atomic mass is 10.1. The van der Waals surface area contributed by atoms with E-state index in [1.807, 2.05) is 0 Å². The lowest BCUT2D eigenvalue weighted by Crippen LogP contribution is -2.28. The Kier molecular flexibility index (Phi) is 5.94. The lowest BCUT2D eigenvalue weighted by Gasteiger charge is -2.21. The Bertz CT molecular complexity index is 344. The molecule has 0 radical (unpaired) electrons. The number of rotatable bonds is 7. The van der Waals surface area contributed by atoms with E-state index in [1.54, 1.807) is 6.07 Å². The molecule has 3 nitrogen and oxygen atoms in total. The van der Waals surface area contributed by atoms with Gasteiger partial charge < -0.3 is 10.8 Å². The molecular formula is C13H21FN2O. The summed E-state index contributed by atoms with van der Waals surface area (Å²) >= 11 is 0.